The molecule has 1 amide bonds. The number of amides is 1. The molecule has 46 heavy (non-hydrogen) atoms. The van der Waals surface area contributed by atoms with Gasteiger partial charge in [-0.15, -0.1) is 6.54 Å². The Bertz CT molecular complexity index is 1530. The van der Waals surface area contributed by atoms with Gasteiger partial charge in [0.25, 0.3) is 5.91 Å². The van der Waals surface area contributed by atoms with E-state index < -0.39 is 16.6 Å². The smallest absolute Gasteiger partial charge is 0.359 e. The van der Waals surface area contributed by atoms with Crippen molar-refractivity contribution in [1.29, 1.82) is 0 Å². The van der Waals surface area contributed by atoms with Crippen LogP contribution in [-0.2, 0) is 52.0 Å². The van der Waals surface area contributed by atoms with Crippen LogP contribution < -0.4 is 21.4 Å². The standard InChI is InChI=1S/C26H25N4O4.C6H13NO3S.W/c1-17-6-4-8-21(12-17)25(31)30-22-9-5-7-19(13-22)10-11-20-14-23(16-28-24(20)27)34-29-15-18(2)26(32)33-3;1-6(2,5(8)9)11-4-10-7-3;/h4-9,12-14,16,18H,15H2,1-3H3,(H2,27,28)(H,30,31);7H,4H2,1-3H3,(H,8,9);/q-1;;/p+1. The summed E-state index contributed by atoms with van der Waals surface area (Å²) in [5.41, 5.74) is 15.7. The number of carboxylic acid groups (broad SMARTS) is 1. The van der Waals surface area contributed by atoms with Gasteiger partial charge in [0.15, 0.2) is 0 Å². The van der Waals surface area contributed by atoms with E-state index in [-0.39, 0.29) is 45.3 Å². The van der Waals surface area contributed by atoms with E-state index in [1.54, 1.807) is 58.2 Å². The minimum absolute atomic E-state index is 0. The van der Waals surface area contributed by atoms with Crippen LogP contribution in [0.3, 0.4) is 0 Å². The number of hydrogen-bond acceptors (Lipinski definition) is 9. The number of methoxy groups -OCH3 is 1. The summed E-state index contributed by atoms with van der Waals surface area (Å²) in [6, 6.07) is 16.2. The molecular formula is C32H39N5O7SW. The molecule has 12 nitrogen and oxygen atoms in total. The van der Waals surface area contributed by atoms with Crippen molar-refractivity contribution in [3.05, 3.63) is 88.5 Å². The first-order valence-electron chi connectivity index (χ1n) is 13.7. The quantitative estimate of drug-likeness (QED) is 0.0525. The Hall–Kier alpha value is -3.92. The van der Waals surface area contributed by atoms with Crippen molar-refractivity contribution >= 4 is 41.1 Å². The number of nitrogen functional groups attached to an aromatic ring is 1. The summed E-state index contributed by atoms with van der Waals surface area (Å²) < 4.78 is 3.93. The number of thiol groups is 1. The molecule has 1 unspecified atom stereocenters. The number of esters is 1. The van der Waals surface area contributed by atoms with Gasteiger partial charge in [0.1, 0.15) is 11.6 Å². The zero-order valence-electron chi connectivity index (χ0n) is 26.5. The van der Waals surface area contributed by atoms with Crippen LogP contribution in [0, 0.1) is 24.7 Å². The van der Waals surface area contributed by atoms with E-state index in [1.165, 1.54) is 13.3 Å². The number of benzene rings is 2. The predicted octanol–water partition coefficient (Wildman–Crippen LogP) is 3.87. The van der Waals surface area contributed by atoms with Gasteiger partial charge in [-0.2, -0.15) is 0 Å². The number of aryl methyl sites for hydroxylation is 1. The van der Waals surface area contributed by atoms with Crippen molar-refractivity contribution in [3.8, 4) is 17.6 Å². The summed E-state index contributed by atoms with van der Waals surface area (Å²) in [7, 11) is 2.96. The average molecular weight is 822 g/mol. The largest absolute Gasteiger partial charge is 0.586 e. The topological polar surface area (TPSA) is 176 Å². The molecule has 2 aromatic carbocycles. The Morgan fingerprint density at radius 1 is 1.13 bits per heavy atom. The molecule has 1 aromatic heterocycles. The molecule has 1 atom stereocenters. The number of nitrogens with zero attached hydrogens (tertiary/aromatic N) is 2. The number of hydroxylamine groups is 2. The Balaban J connectivity index is 0.000000756. The number of carbonyl (C=O) groups is 3. The number of nitrogens with one attached hydrogen (secondary N) is 2. The van der Waals surface area contributed by atoms with Gasteiger partial charge in [-0.05, 0) is 57.2 Å². The maximum Gasteiger partial charge on any atom is 0.359 e. The Labute approximate surface area is 287 Å². The number of aliphatic carboxylic acids is 1. The number of nitrogens with two attached hydrogens (primary N) is 1. The molecule has 0 fully saturated rings. The zero-order valence-corrected chi connectivity index (χ0v) is 30.3. The monoisotopic (exact) mass is 821 g/mol. The van der Waals surface area contributed by atoms with E-state index in [0.29, 0.717) is 34.1 Å². The first kappa shape index (κ1) is 40.1. The minimum atomic E-state index is -0.807. The number of anilines is 2. The van der Waals surface area contributed by atoms with Crippen molar-refractivity contribution in [2.75, 3.05) is 37.7 Å². The summed E-state index contributed by atoms with van der Waals surface area (Å²) in [4.78, 5) is 48.7. The third-order valence-electron chi connectivity index (χ3n) is 5.95. The van der Waals surface area contributed by atoms with Gasteiger partial charge in [0.2, 0.25) is 10.7 Å². The van der Waals surface area contributed by atoms with Crippen LogP contribution >= 0.6 is 0 Å². The third kappa shape index (κ3) is 14.0. The van der Waals surface area contributed by atoms with Gasteiger partial charge in [-0.25, -0.2) is 15.3 Å². The fraction of sp³-hybridized carbons (Fsp3) is 0.312. The molecule has 0 saturated heterocycles. The van der Waals surface area contributed by atoms with E-state index in [2.05, 4.69) is 37.8 Å². The van der Waals surface area contributed by atoms with Crippen molar-refractivity contribution in [1.82, 2.24) is 10.5 Å². The summed E-state index contributed by atoms with van der Waals surface area (Å²) in [6.45, 7) is 7.09. The fourth-order valence-electron chi connectivity index (χ4n) is 3.24. The van der Waals surface area contributed by atoms with Crippen LogP contribution in [0.4, 0.5) is 11.5 Å². The van der Waals surface area contributed by atoms with E-state index in [1.807, 2.05) is 31.2 Å². The molecule has 0 aliphatic carbocycles. The average Bonchev–Trinajstić information content (AvgIpc) is 3.01. The van der Waals surface area contributed by atoms with Crippen molar-refractivity contribution in [3.63, 3.8) is 0 Å². The second-order valence-corrected chi connectivity index (χ2v) is 11.8. The minimum Gasteiger partial charge on any atom is -0.586 e. The van der Waals surface area contributed by atoms with E-state index in [9.17, 15) is 14.4 Å². The molecule has 0 saturated carbocycles. The van der Waals surface area contributed by atoms with E-state index in [4.69, 9.17) is 20.5 Å². The normalized spacial score (nSPS) is 10.9. The second kappa shape index (κ2) is 20.3. The summed E-state index contributed by atoms with van der Waals surface area (Å²) >= 11 is 0.744. The predicted molar refractivity (Wildman–Crippen MR) is 176 cm³/mol. The molecule has 0 aliphatic rings. The fourth-order valence-corrected chi connectivity index (χ4v) is 3.89. The van der Waals surface area contributed by atoms with Crippen LogP contribution in [0.2, 0.25) is 0 Å². The van der Waals surface area contributed by atoms with Gasteiger partial charge in [0.05, 0.1) is 18.9 Å². The Morgan fingerprint density at radius 3 is 2.50 bits per heavy atom. The van der Waals surface area contributed by atoms with Gasteiger partial charge in [-0.3, -0.25) is 14.4 Å². The third-order valence-corrected chi connectivity index (χ3v) is 7.19. The number of carbonyl (C=O) groups excluding carboxylic acids is 2. The molecular weight excluding hydrogens is 782 g/mol. The molecule has 0 radical (unpaired) electrons. The number of carboxylic acids is 1. The van der Waals surface area contributed by atoms with E-state index in [0.717, 1.165) is 17.3 Å². The van der Waals surface area contributed by atoms with Gasteiger partial charge in [-0.1, -0.05) is 42.5 Å². The van der Waals surface area contributed by atoms with Crippen LogP contribution in [-0.4, -0.2) is 59.3 Å². The molecule has 3 rings (SSSR count). The zero-order chi connectivity index (χ0) is 33.4. The van der Waals surface area contributed by atoms with Crippen molar-refractivity contribution in [2.45, 2.75) is 32.4 Å². The maximum absolute atomic E-state index is 12.5. The molecule has 0 bridgehead atoms. The van der Waals surface area contributed by atoms with E-state index >= 15 is 0 Å². The number of pyridine rings is 1. The molecule has 5 N–H and O–H groups in total. The first-order chi connectivity index (χ1) is 21.4. The van der Waals surface area contributed by atoms with Crippen LogP contribution in [0.5, 0.6) is 5.75 Å². The number of rotatable bonds is 12. The van der Waals surface area contributed by atoms with Crippen LogP contribution in [0.1, 0.15) is 47.8 Å². The van der Waals surface area contributed by atoms with Crippen molar-refractivity contribution in [2.24, 2.45) is 5.92 Å². The SMILES string of the molecule is CNOC[SH+]C(C)(C)C(=O)O.COC(=O)C(C)C[N-]Oc1cnc(N)c(C#Cc2cccc(NC(=O)c3cccc(C)c3)c2)c1.[W]. The summed E-state index contributed by atoms with van der Waals surface area (Å²) in [6.07, 6.45) is 1.42. The summed E-state index contributed by atoms with van der Waals surface area (Å²) in [5, 5.41) is 11.5. The number of ether oxygens (including phenoxy) is 1. The maximum atomic E-state index is 12.5. The second-order valence-electron chi connectivity index (χ2n) is 10.1. The first-order valence-corrected chi connectivity index (χ1v) is 14.8. The van der Waals surface area contributed by atoms with Crippen LogP contribution in [0.15, 0.2) is 60.8 Å². The van der Waals surface area contributed by atoms with Crippen molar-refractivity contribution < 1.29 is 55.0 Å². The number of hydrogen-bond donors (Lipinski definition) is 4. The molecule has 14 heteroatoms. The molecule has 0 aliphatic heterocycles. The molecule has 1 heterocycles. The Kier molecular flexibility index (Phi) is 17.7. The van der Waals surface area contributed by atoms with Gasteiger partial charge in [0, 0.05) is 62.6 Å². The van der Waals surface area contributed by atoms with Crippen LogP contribution in [0.25, 0.3) is 5.48 Å². The number of aromatic nitrogens is 1. The Morgan fingerprint density at radius 2 is 1.85 bits per heavy atom. The summed E-state index contributed by atoms with van der Waals surface area (Å²) in [5.74, 6) is 5.16. The molecule has 246 valence electrons. The van der Waals surface area contributed by atoms with Gasteiger partial charge >= 0.3 is 11.9 Å². The molecule has 3 aromatic rings. The van der Waals surface area contributed by atoms with Gasteiger partial charge < -0.3 is 31.2 Å². The molecule has 0 spiro atoms.